The summed E-state index contributed by atoms with van der Waals surface area (Å²) in [5.41, 5.74) is 1.46. The van der Waals surface area contributed by atoms with Crippen molar-refractivity contribution >= 4 is 11.9 Å². The third-order valence-corrected chi connectivity index (χ3v) is 3.46. The van der Waals surface area contributed by atoms with Crippen LogP contribution in [0.4, 0.5) is 4.39 Å². The van der Waals surface area contributed by atoms with E-state index >= 15 is 0 Å². The Morgan fingerprint density at radius 1 is 1.22 bits per heavy atom. The summed E-state index contributed by atoms with van der Waals surface area (Å²) in [4.78, 5) is 27.8. The van der Waals surface area contributed by atoms with Gasteiger partial charge in [-0.15, -0.1) is 10.2 Å². The lowest BCUT2D eigenvalue weighted by Crippen LogP contribution is -2.23. The van der Waals surface area contributed by atoms with Crippen LogP contribution in [0.15, 0.2) is 47.0 Å². The van der Waals surface area contributed by atoms with Crippen LogP contribution in [0.1, 0.15) is 33.9 Å². The van der Waals surface area contributed by atoms with Crippen LogP contribution in [0.5, 0.6) is 0 Å². The predicted octanol–water partition coefficient (Wildman–Crippen LogP) is 2.38. The van der Waals surface area contributed by atoms with Gasteiger partial charge in [0, 0.05) is 11.8 Å². The van der Waals surface area contributed by atoms with Crippen LogP contribution < -0.4 is 5.32 Å². The number of hydrogen-bond donors (Lipinski definition) is 1. The quantitative estimate of drug-likeness (QED) is 0.664. The van der Waals surface area contributed by atoms with Gasteiger partial charge in [0.1, 0.15) is 5.82 Å². The Labute approximate surface area is 153 Å². The maximum Gasteiger partial charge on any atom is 0.396 e. The number of rotatable bonds is 6. The zero-order chi connectivity index (χ0) is 19.2. The fourth-order valence-corrected chi connectivity index (χ4v) is 2.21. The van der Waals surface area contributed by atoms with Crippen LogP contribution in [-0.2, 0) is 11.3 Å². The Bertz CT molecular complexity index is 956. The predicted molar refractivity (Wildman–Crippen MR) is 91.1 cm³/mol. The summed E-state index contributed by atoms with van der Waals surface area (Å²) in [5.74, 6) is -1.71. The Kier molecular flexibility index (Phi) is 5.50. The summed E-state index contributed by atoms with van der Waals surface area (Å²) in [6.45, 7) is 1.78. The summed E-state index contributed by atoms with van der Waals surface area (Å²) in [5, 5.41) is 9.80. The largest absolute Gasteiger partial charge is 0.459 e. The minimum Gasteiger partial charge on any atom is -0.459 e. The van der Waals surface area contributed by atoms with Crippen LogP contribution in [0.2, 0.25) is 0 Å². The highest BCUT2D eigenvalue weighted by molar-refractivity contribution is 5.94. The summed E-state index contributed by atoms with van der Waals surface area (Å²) in [6, 6.07) is 9.20. The number of esters is 1. The van der Waals surface area contributed by atoms with E-state index in [0.717, 1.165) is 0 Å². The molecular weight excluding hydrogens is 355 g/mol. The van der Waals surface area contributed by atoms with Gasteiger partial charge in [0.05, 0.1) is 24.4 Å². The zero-order valence-electron chi connectivity index (χ0n) is 14.3. The van der Waals surface area contributed by atoms with E-state index in [4.69, 9.17) is 9.15 Å². The summed E-state index contributed by atoms with van der Waals surface area (Å²) < 4.78 is 23.1. The van der Waals surface area contributed by atoms with Gasteiger partial charge >= 0.3 is 11.9 Å². The molecule has 2 heterocycles. The fraction of sp³-hybridized carbons (Fsp3) is 0.167. The maximum absolute atomic E-state index is 13.3. The monoisotopic (exact) mass is 370 g/mol. The standard InChI is InChI=1S/C18H15FN4O4/c1-2-26-18(25)17-23-22-15(27-17)10-21-16(24)12-6-7-14(20-9-12)11-4-3-5-13(19)8-11/h3-9H,2,10H2,1H3,(H,21,24). The van der Waals surface area contributed by atoms with Crippen molar-refractivity contribution < 1.29 is 23.1 Å². The lowest BCUT2D eigenvalue weighted by molar-refractivity contribution is 0.0478. The van der Waals surface area contributed by atoms with Gasteiger partial charge in [-0.05, 0) is 31.2 Å². The van der Waals surface area contributed by atoms with Crippen molar-refractivity contribution in [1.29, 1.82) is 0 Å². The molecule has 9 heteroatoms. The number of ether oxygens (including phenoxy) is 1. The Morgan fingerprint density at radius 2 is 2.07 bits per heavy atom. The third-order valence-electron chi connectivity index (χ3n) is 3.46. The van der Waals surface area contributed by atoms with Crippen LogP contribution >= 0.6 is 0 Å². The number of pyridine rings is 1. The van der Waals surface area contributed by atoms with E-state index in [1.165, 1.54) is 18.3 Å². The molecule has 0 aliphatic rings. The molecule has 0 spiro atoms. The summed E-state index contributed by atoms with van der Waals surface area (Å²) >= 11 is 0. The molecular formula is C18H15FN4O4. The fourth-order valence-electron chi connectivity index (χ4n) is 2.21. The molecule has 8 nitrogen and oxygen atoms in total. The average Bonchev–Trinajstić information content (AvgIpc) is 3.16. The van der Waals surface area contributed by atoms with E-state index in [9.17, 15) is 14.0 Å². The molecule has 3 rings (SSSR count). The molecule has 27 heavy (non-hydrogen) atoms. The van der Waals surface area contributed by atoms with Gasteiger partial charge in [0.2, 0.25) is 5.89 Å². The first-order valence-corrected chi connectivity index (χ1v) is 8.06. The van der Waals surface area contributed by atoms with Crippen molar-refractivity contribution in [3.63, 3.8) is 0 Å². The molecule has 0 aliphatic carbocycles. The summed E-state index contributed by atoms with van der Waals surface area (Å²) in [7, 11) is 0. The van der Waals surface area contributed by atoms with E-state index in [2.05, 4.69) is 20.5 Å². The highest BCUT2D eigenvalue weighted by Gasteiger charge is 2.16. The molecule has 1 N–H and O–H groups in total. The molecule has 0 bridgehead atoms. The van der Waals surface area contributed by atoms with Gasteiger partial charge in [0.15, 0.2) is 0 Å². The van der Waals surface area contributed by atoms with Gasteiger partial charge in [-0.3, -0.25) is 9.78 Å². The lowest BCUT2D eigenvalue weighted by Gasteiger charge is -2.04. The average molecular weight is 370 g/mol. The molecule has 138 valence electrons. The van der Waals surface area contributed by atoms with E-state index in [1.807, 2.05) is 0 Å². The normalized spacial score (nSPS) is 10.4. The number of nitrogens with zero attached hydrogens (tertiary/aromatic N) is 3. The Hall–Kier alpha value is -3.62. The van der Waals surface area contributed by atoms with Crippen molar-refractivity contribution in [3.8, 4) is 11.3 Å². The van der Waals surface area contributed by atoms with Gasteiger partial charge < -0.3 is 14.5 Å². The van der Waals surface area contributed by atoms with E-state index in [-0.39, 0.29) is 30.8 Å². The van der Waals surface area contributed by atoms with Gasteiger partial charge in [0.25, 0.3) is 5.91 Å². The number of hydrogen-bond acceptors (Lipinski definition) is 7. The molecule has 0 saturated carbocycles. The molecule has 0 saturated heterocycles. The minimum absolute atomic E-state index is 0.0586. The number of carbonyl (C=O) groups excluding carboxylic acids is 2. The van der Waals surface area contributed by atoms with E-state index in [0.29, 0.717) is 16.8 Å². The smallest absolute Gasteiger partial charge is 0.396 e. The molecule has 3 aromatic rings. The number of benzene rings is 1. The second-order valence-corrected chi connectivity index (χ2v) is 5.35. The molecule has 2 aromatic heterocycles. The minimum atomic E-state index is -0.722. The first-order chi connectivity index (χ1) is 13.1. The van der Waals surface area contributed by atoms with Crippen LogP contribution in [0, 0.1) is 5.82 Å². The Balaban J connectivity index is 1.61. The molecule has 0 unspecified atom stereocenters. The van der Waals surface area contributed by atoms with Crippen molar-refractivity contribution in [3.05, 3.63) is 65.8 Å². The van der Waals surface area contributed by atoms with Gasteiger partial charge in [-0.1, -0.05) is 12.1 Å². The second-order valence-electron chi connectivity index (χ2n) is 5.35. The number of amides is 1. The maximum atomic E-state index is 13.3. The van der Waals surface area contributed by atoms with E-state index in [1.54, 1.807) is 31.2 Å². The molecule has 0 radical (unpaired) electrons. The molecule has 1 amide bonds. The molecule has 0 atom stereocenters. The molecule has 0 fully saturated rings. The van der Waals surface area contributed by atoms with Crippen LogP contribution in [0.25, 0.3) is 11.3 Å². The number of carbonyl (C=O) groups is 2. The van der Waals surface area contributed by atoms with Crippen molar-refractivity contribution in [2.75, 3.05) is 6.61 Å². The Morgan fingerprint density at radius 3 is 2.78 bits per heavy atom. The van der Waals surface area contributed by atoms with Crippen LogP contribution in [-0.4, -0.2) is 33.7 Å². The van der Waals surface area contributed by atoms with Crippen LogP contribution in [0.3, 0.4) is 0 Å². The number of aromatic nitrogens is 3. The van der Waals surface area contributed by atoms with Crippen molar-refractivity contribution in [2.45, 2.75) is 13.5 Å². The number of nitrogens with one attached hydrogen (secondary N) is 1. The van der Waals surface area contributed by atoms with Gasteiger partial charge in [-0.2, -0.15) is 0 Å². The topological polar surface area (TPSA) is 107 Å². The molecule has 0 aliphatic heterocycles. The van der Waals surface area contributed by atoms with Crippen molar-refractivity contribution in [1.82, 2.24) is 20.5 Å². The second kappa shape index (κ2) is 8.17. The lowest BCUT2D eigenvalue weighted by atomic mass is 10.1. The highest BCUT2D eigenvalue weighted by Crippen LogP contribution is 2.18. The SMILES string of the molecule is CCOC(=O)c1nnc(CNC(=O)c2ccc(-c3cccc(F)c3)nc2)o1. The summed E-state index contributed by atoms with van der Waals surface area (Å²) in [6.07, 6.45) is 1.38. The highest BCUT2D eigenvalue weighted by atomic mass is 19.1. The zero-order valence-corrected chi connectivity index (χ0v) is 14.3. The first kappa shape index (κ1) is 18.2. The van der Waals surface area contributed by atoms with E-state index < -0.39 is 11.9 Å². The third kappa shape index (κ3) is 4.51. The molecule has 1 aromatic carbocycles. The van der Waals surface area contributed by atoms with Gasteiger partial charge in [-0.25, -0.2) is 9.18 Å². The first-order valence-electron chi connectivity index (χ1n) is 8.06. The number of halogens is 1. The van der Waals surface area contributed by atoms with Crippen molar-refractivity contribution in [2.24, 2.45) is 0 Å².